The molecule has 0 unspecified atom stereocenters. The minimum absolute atomic E-state index is 0.153. The lowest BCUT2D eigenvalue weighted by atomic mass is 10.2. The number of rotatable bonds is 4. The molecule has 0 fully saturated rings. The normalized spacial score (nSPS) is 10.5. The smallest absolute Gasteiger partial charge is 0.253 e. The summed E-state index contributed by atoms with van der Waals surface area (Å²) < 4.78 is 0.989. The van der Waals surface area contributed by atoms with Gasteiger partial charge in [-0.1, -0.05) is 47.2 Å². The van der Waals surface area contributed by atoms with E-state index in [1.165, 1.54) is 11.3 Å². The summed E-state index contributed by atoms with van der Waals surface area (Å²) >= 11 is 7.32. The molecule has 3 aromatic rings. The number of para-hydroxylation sites is 1. The summed E-state index contributed by atoms with van der Waals surface area (Å²) in [6.07, 6.45) is 0. The van der Waals surface area contributed by atoms with Gasteiger partial charge in [0.1, 0.15) is 0 Å². The van der Waals surface area contributed by atoms with Gasteiger partial charge in [-0.3, -0.25) is 9.59 Å². The zero-order chi connectivity index (χ0) is 16.2. The molecule has 2 aromatic carbocycles. The van der Waals surface area contributed by atoms with E-state index >= 15 is 0 Å². The van der Waals surface area contributed by atoms with Gasteiger partial charge in [-0.05, 0) is 24.3 Å². The molecule has 3 rings (SSSR count). The number of anilines is 1. The Morgan fingerprint density at radius 3 is 2.61 bits per heavy atom. The highest BCUT2D eigenvalue weighted by molar-refractivity contribution is 7.22. The van der Waals surface area contributed by atoms with Crippen LogP contribution in [0.3, 0.4) is 0 Å². The molecule has 0 atom stereocenters. The first-order valence-corrected chi connectivity index (χ1v) is 8.01. The van der Waals surface area contributed by atoms with Crippen molar-refractivity contribution in [2.24, 2.45) is 0 Å². The molecule has 0 bridgehead atoms. The second kappa shape index (κ2) is 6.76. The summed E-state index contributed by atoms with van der Waals surface area (Å²) in [5.74, 6) is -0.737. The fourth-order valence-electron chi connectivity index (χ4n) is 1.99. The van der Waals surface area contributed by atoms with E-state index in [2.05, 4.69) is 15.6 Å². The Bertz CT molecular complexity index is 845. The number of carbonyl (C=O) groups is 2. The highest BCUT2D eigenvalue weighted by Gasteiger charge is 2.12. The summed E-state index contributed by atoms with van der Waals surface area (Å²) in [6.45, 7) is -0.153. The topological polar surface area (TPSA) is 71.1 Å². The Balaban J connectivity index is 1.59. The highest BCUT2D eigenvalue weighted by Crippen LogP contribution is 2.25. The summed E-state index contributed by atoms with van der Waals surface area (Å²) in [6, 6.07) is 14.3. The molecule has 0 saturated heterocycles. The molecule has 23 heavy (non-hydrogen) atoms. The fraction of sp³-hybridized carbons (Fsp3) is 0.0625. The van der Waals surface area contributed by atoms with E-state index in [-0.39, 0.29) is 12.5 Å². The zero-order valence-electron chi connectivity index (χ0n) is 11.9. The van der Waals surface area contributed by atoms with Gasteiger partial charge in [-0.15, -0.1) is 0 Å². The Morgan fingerprint density at radius 2 is 1.83 bits per heavy atom. The van der Waals surface area contributed by atoms with Crippen LogP contribution in [0, 0.1) is 0 Å². The number of benzene rings is 2. The van der Waals surface area contributed by atoms with Crippen molar-refractivity contribution in [2.45, 2.75) is 0 Å². The number of halogens is 1. The molecule has 116 valence electrons. The molecule has 2 N–H and O–H groups in total. The molecule has 1 heterocycles. The van der Waals surface area contributed by atoms with E-state index < -0.39 is 5.91 Å². The number of aromatic nitrogens is 1. The predicted molar refractivity (Wildman–Crippen MR) is 92.0 cm³/mol. The maximum Gasteiger partial charge on any atom is 0.253 e. The summed E-state index contributed by atoms with van der Waals surface area (Å²) in [4.78, 5) is 28.2. The van der Waals surface area contributed by atoms with E-state index in [1.807, 2.05) is 24.3 Å². The quantitative estimate of drug-likeness (QED) is 0.762. The van der Waals surface area contributed by atoms with Crippen LogP contribution in [-0.4, -0.2) is 23.3 Å². The lowest BCUT2D eigenvalue weighted by Gasteiger charge is -2.06. The molecular weight excluding hydrogens is 334 g/mol. The average molecular weight is 346 g/mol. The van der Waals surface area contributed by atoms with Crippen LogP contribution < -0.4 is 10.6 Å². The van der Waals surface area contributed by atoms with Crippen molar-refractivity contribution in [3.63, 3.8) is 0 Å². The van der Waals surface area contributed by atoms with Gasteiger partial charge in [0.2, 0.25) is 5.91 Å². The minimum atomic E-state index is -0.393. The Labute approximate surface area is 141 Å². The first-order valence-electron chi connectivity index (χ1n) is 6.81. The standard InChI is InChI=1S/C16H12ClN3O2S/c17-11-6-2-1-5-10(11)15(22)18-9-14(21)20-16-19-12-7-3-4-8-13(12)23-16/h1-8H,9H2,(H,18,22)(H,19,20,21). The minimum Gasteiger partial charge on any atom is -0.343 e. The molecule has 2 amide bonds. The third kappa shape index (κ3) is 3.67. The number of hydrogen-bond donors (Lipinski definition) is 2. The second-order valence-electron chi connectivity index (χ2n) is 4.70. The highest BCUT2D eigenvalue weighted by atomic mass is 35.5. The number of amides is 2. The fourth-order valence-corrected chi connectivity index (χ4v) is 3.09. The molecule has 5 nitrogen and oxygen atoms in total. The van der Waals surface area contributed by atoms with Crippen LogP contribution in [0.4, 0.5) is 5.13 Å². The molecule has 0 spiro atoms. The van der Waals surface area contributed by atoms with Crippen LogP contribution in [0.1, 0.15) is 10.4 Å². The number of nitrogens with one attached hydrogen (secondary N) is 2. The van der Waals surface area contributed by atoms with E-state index in [1.54, 1.807) is 24.3 Å². The molecule has 0 aliphatic rings. The van der Waals surface area contributed by atoms with Crippen molar-refractivity contribution in [3.05, 3.63) is 59.1 Å². The van der Waals surface area contributed by atoms with Crippen LogP contribution in [0.2, 0.25) is 5.02 Å². The van der Waals surface area contributed by atoms with Gasteiger partial charge in [0.15, 0.2) is 5.13 Å². The van der Waals surface area contributed by atoms with Gasteiger partial charge in [-0.25, -0.2) is 4.98 Å². The predicted octanol–water partition coefficient (Wildman–Crippen LogP) is 3.32. The van der Waals surface area contributed by atoms with Gasteiger partial charge >= 0.3 is 0 Å². The molecule has 1 aromatic heterocycles. The van der Waals surface area contributed by atoms with Crippen LogP contribution in [0.5, 0.6) is 0 Å². The zero-order valence-corrected chi connectivity index (χ0v) is 13.4. The van der Waals surface area contributed by atoms with E-state index in [9.17, 15) is 9.59 Å². The van der Waals surface area contributed by atoms with Crippen molar-refractivity contribution in [2.75, 3.05) is 11.9 Å². The third-order valence-electron chi connectivity index (χ3n) is 3.07. The number of carbonyl (C=O) groups excluding carboxylic acids is 2. The maximum atomic E-state index is 12.0. The lowest BCUT2D eigenvalue weighted by molar-refractivity contribution is -0.115. The summed E-state index contributed by atoms with van der Waals surface area (Å²) in [5.41, 5.74) is 1.16. The van der Waals surface area contributed by atoms with Gasteiger partial charge < -0.3 is 10.6 Å². The molecule has 0 aliphatic carbocycles. The first-order chi connectivity index (χ1) is 11.1. The van der Waals surface area contributed by atoms with Gasteiger partial charge in [0.05, 0.1) is 27.3 Å². The van der Waals surface area contributed by atoms with E-state index in [4.69, 9.17) is 11.6 Å². The third-order valence-corrected chi connectivity index (χ3v) is 4.35. The SMILES string of the molecule is O=C(CNC(=O)c1ccccc1Cl)Nc1nc2ccccc2s1. The Morgan fingerprint density at radius 1 is 1.09 bits per heavy atom. The maximum absolute atomic E-state index is 12.0. The van der Waals surface area contributed by atoms with Crippen LogP contribution in [0.25, 0.3) is 10.2 Å². The second-order valence-corrected chi connectivity index (χ2v) is 6.14. The largest absolute Gasteiger partial charge is 0.343 e. The monoisotopic (exact) mass is 345 g/mol. The van der Waals surface area contributed by atoms with Crippen molar-refractivity contribution in [1.82, 2.24) is 10.3 Å². The average Bonchev–Trinajstić information content (AvgIpc) is 2.95. The molecule has 7 heteroatoms. The lowest BCUT2D eigenvalue weighted by Crippen LogP contribution is -2.32. The molecule has 0 radical (unpaired) electrons. The van der Waals surface area contributed by atoms with Gasteiger partial charge in [-0.2, -0.15) is 0 Å². The number of fused-ring (bicyclic) bond motifs is 1. The van der Waals surface area contributed by atoms with Crippen LogP contribution in [0.15, 0.2) is 48.5 Å². The molecule has 0 aliphatic heterocycles. The van der Waals surface area contributed by atoms with E-state index in [0.29, 0.717) is 15.7 Å². The Kier molecular flexibility index (Phi) is 4.55. The van der Waals surface area contributed by atoms with Gasteiger partial charge in [0.25, 0.3) is 5.91 Å². The van der Waals surface area contributed by atoms with Crippen LogP contribution in [-0.2, 0) is 4.79 Å². The van der Waals surface area contributed by atoms with Crippen molar-refractivity contribution in [1.29, 1.82) is 0 Å². The number of hydrogen-bond acceptors (Lipinski definition) is 4. The van der Waals surface area contributed by atoms with Gasteiger partial charge in [0, 0.05) is 0 Å². The Hall–Kier alpha value is -2.44. The number of thiazole rings is 1. The van der Waals surface area contributed by atoms with Crippen molar-refractivity contribution in [3.8, 4) is 0 Å². The molecule has 0 saturated carbocycles. The van der Waals surface area contributed by atoms with E-state index in [0.717, 1.165) is 10.2 Å². The van der Waals surface area contributed by atoms with Crippen LogP contribution >= 0.6 is 22.9 Å². The summed E-state index contributed by atoms with van der Waals surface area (Å²) in [5, 5.41) is 6.06. The van der Waals surface area contributed by atoms with Crippen molar-refractivity contribution < 1.29 is 9.59 Å². The summed E-state index contributed by atoms with van der Waals surface area (Å²) in [7, 11) is 0. The van der Waals surface area contributed by atoms with Crippen molar-refractivity contribution >= 4 is 50.1 Å². The first kappa shape index (κ1) is 15.5. The number of nitrogens with zero attached hydrogens (tertiary/aromatic N) is 1. The molecular formula is C16H12ClN3O2S.